The van der Waals surface area contributed by atoms with Gasteiger partial charge in [-0.25, -0.2) is 0 Å². The van der Waals surface area contributed by atoms with E-state index >= 15 is 0 Å². The highest BCUT2D eigenvalue weighted by Crippen LogP contribution is 2.27. The highest BCUT2D eigenvalue weighted by molar-refractivity contribution is 7.98. The molecular weight excluding hydrogens is 340 g/mol. The van der Waals surface area contributed by atoms with E-state index in [-0.39, 0.29) is 5.69 Å². The van der Waals surface area contributed by atoms with Crippen molar-refractivity contribution in [1.82, 2.24) is 15.2 Å². The summed E-state index contributed by atoms with van der Waals surface area (Å²) >= 11 is 7.12. The quantitative estimate of drug-likeness (QED) is 0.391. The molecule has 0 N–H and O–H groups in total. The molecule has 2 aromatic heterocycles. The molecule has 0 atom stereocenters. The van der Waals surface area contributed by atoms with E-state index in [9.17, 15) is 10.1 Å². The predicted octanol–water partition coefficient (Wildman–Crippen LogP) is 3.99. The Bertz CT molecular complexity index is 838. The maximum absolute atomic E-state index is 10.7. The summed E-state index contributed by atoms with van der Waals surface area (Å²) in [7, 11) is 0. The van der Waals surface area contributed by atoms with E-state index in [1.807, 2.05) is 0 Å². The first kappa shape index (κ1) is 15.4. The maximum atomic E-state index is 10.7. The largest absolute Gasteiger partial charge is 0.411 e. The minimum absolute atomic E-state index is 0.0458. The van der Waals surface area contributed by atoms with Crippen LogP contribution in [0.1, 0.15) is 5.56 Å². The van der Waals surface area contributed by atoms with E-state index < -0.39 is 4.92 Å². The van der Waals surface area contributed by atoms with Gasteiger partial charge in [-0.1, -0.05) is 23.4 Å². The first-order valence-corrected chi connectivity index (χ1v) is 7.79. The summed E-state index contributed by atoms with van der Waals surface area (Å²) in [4.78, 5) is 14.1. The Morgan fingerprint density at radius 3 is 2.74 bits per heavy atom. The fraction of sp³-hybridized carbons (Fsp3) is 0.0714. The monoisotopic (exact) mass is 348 g/mol. The number of aromatic nitrogens is 3. The molecule has 0 spiro atoms. The molecule has 1 aromatic carbocycles. The van der Waals surface area contributed by atoms with Gasteiger partial charge in [0, 0.05) is 28.6 Å². The van der Waals surface area contributed by atoms with Gasteiger partial charge >= 0.3 is 0 Å². The van der Waals surface area contributed by atoms with Gasteiger partial charge < -0.3 is 4.42 Å². The zero-order chi connectivity index (χ0) is 16.2. The number of hydrogen-bond acceptors (Lipinski definition) is 7. The van der Waals surface area contributed by atoms with Gasteiger partial charge in [-0.3, -0.25) is 15.1 Å². The molecule has 9 heteroatoms. The third-order valence-corrected chi connectivity index (χ3v) is 3.99. The molecule has 3 aromatic rings. The van der Waals surface area contributed by atoms with Crippen molar-refractivity contribution in [1.29, 1.82) is 0 Å². The Kier molecular flexibility index (Phi) is 4.54. The van der Waals surface area contributed by atoms with Gasteiger partial charge in [-0.15, -0.1) is 10.2 Å². The predicted molar refractivity (Wildman–Crippen MR) is 85.2 cm³/mol. The summed E-state index contributed by atoms with van der Waals surface area (Å²) in [6, 6.07) is 8.52. The topological polar surface area (TPSA) is 95.0 Å². The normalized spacial score (nSPS) is 10.7. The number of nitrogens with zero attached hydrogens (tertiary/aromatic N) is 4. The maximum Gasteiger partial charge on any atom is 0.287 e. The zero-order valence-electron chi connectivity index (χ0n) is 11.5. The standard InChI is InChI=1S/C14H9ClN4O3S/c15-11-3-1-10(2-4-11)13-17-18-14(22-13)23-8-9-5-12(19(20)21)7-16-6-9/h1-7H,8H2. The van der Waals surface area contributed by atoms with Gasteiger partial charge in [0.15, 0.2) is 0 Å². The zero-order valence-corrected chi connectivity index (χ0v) is 13.1. The molecule has 0 fully saturated rings. The Balaban J connectivity index is 1.69. The molecule has 0 aliphatic carbocycles. The van der Waals surface area contributed by atoms with Crippen LogP contribution in [0, 0.1) is 10.1 Å². The highest BCUT2D eigenvalue weighted by atomic mass is 35.5. The molecule has 0 unspecified atom stereocenters. The number of benzene rings is 1. The second kappa shape index (κ2) is 6.76. The van der Waals surface area contributed by atoms with Crippen LogP contribution in [0.3, 0.4) is 0 Å². The minimum atomic E-state index is -0.480. The average Bonchev–Trinajstić information content (AvgIpc) is 3.03. The van der Waals surface area contributed by atoms with Gasteiger partial charge in [0.2, 0.25) is 5.89 Å². The van der Waals surface area contributed by atoms with Gasteiger partial charge in [0.1, 0.15) is 6.20 Å². The third kappa shape index (κ3) is 3.85. The van der Waals surface area contributed by atoms with Gasteiger partial charge in [0.05, 0.1) is 4.92 Å². The molecular formula is C14H9ClN4O3S. The van der Waals surface area contributed by atoms with E-state index in [1.54, 1.807) is 30.5 Å². The average molecular weight is 349 g/mol. The number of rotatable bonds is 5. The van der Waals surface area contributed by atoms with E-state index in [4.69, 9.17) is 16.0 Å². The molecule has 3 rings (SSSR count). The van der Waals surface area contributed by atoms with Crippen LogP contribution < -0.4 is 0 Å². The van der Waals surface area contributed by atoms with Crippen molar-refractivity contribution < 1.29 is 9.34 Å². The van der Waals surface area contributed by atoms with Crippen molar-refractivity contribution in [2.45, 2.75) is 11.0 Å². The van der Waals surface area contributed by atoms with Gasteiger partial charge in [0.25, 0.3) is 10.9 Å². The van der Waals surface area contributed by atoms with E-state index in [0.717, 1.165) is 5.56 Å². The summed E-state index contributed by atoms with van der Waals surface area (Å²) in [5, 5.41) is 19.6. The van der Waals surface area contributed by atoms with Crippen LogP contribution in [0.2, 0.25) is 5.02 Å². The molecule has 0 saturated heterocycles. The van der Waals surface area contributed by atoms with Crippen LogP contribution in [0.4, 0.5) is 5.69 Å². The Labute approximate surface area is 139 Å². The fourth-order valence-electron chi connectivity index (χ4n) is 1.77. The lowest BCUT2D eigenvalue weighted by atomic mass is 10.2. The Morgan fingerprint density at radius 2 is 2.00 bits per heavy atom. The van der Waals surface area contributed by atoms with Gasteiger partial charge in [-0.05, 0) is 29.8 Å². The van der Waals surface area contributed by atoms with Crippen LogP contribution in [0.15, 0.2) is 52.4 Å². The molecule has 0 radical (unpaired) electrons. The fourth-order valence-corrected chi connectivity index (χ4v) is 2.59. The summed E-state index contributed by atoms with van der Waals surface area (Å²) in [5.41, 5.74) is 1.43. The third-order valence-electron chi connectivity index (χ3n) is 2.85. The summed E-state index contributed by atoms with van der Waals surface area (Å²) < 4.78 is 5.55. The first-order valence-electron chi connectivity index (χ1n) is 6.42. The molecule has 23 heavy (non-hydrogen) atoms. The van der Waals surface area contributed by atoms with Gasteiger partial charge in [-0.2, -0.15) is 0 Å². The molecule has 2 heterocycles. The molecule has 7 nitrogen and oxygen atoms in total. The van der Waals surface area contributed by atoms with Crippen molar-refractivity contribution in [3.63, 3.8) is 0 Å². The van der Waals surface area contributed by atoms with Crippen molar-refractivity contribution in [3.8, 4) is 11.5 Å². The van der Waals surface area contributed by atoms with E-state index in [1.165, 1.54) is 24.0 Å². The number of halogens is 1. The molecule has 116 valence electrons. The minimum Gasteiger partial charge on any atom is -0.411 e. The molecule has 0 saturated carbocycles. The Morgan fingerprint density at radius 1 is 1.22 bits per heavy atom. The lowest BCUT2D eigenvalue weighted by molar-refractivity contribution is -0.385. The van der Waals surface area contributed by atoms with Crippen LogP contribution in [0.25, 0.3) is 11.5 Å². The van der Waals surface area contributed by atoms with Crippen LogP contribution >= 0.6 is 23.4 Å². The van der Waals surface area contributed by atoms with Crippen molar-refractivity contribution in [2.75, 3.05) is 0 Å². The second-order valence-electron chi connectivity index (χ2n) is 4.48. The van der Waals surface area contributed by atoms with E-state index in [2.05, 4.69) is 15.2 Å². The highest BCUT2D eigenvalue weighted by Gasteiger charge is 2.11. The van der Waals surface area contributed by atoms with Crippen LogP contribution in [0.5, 0.6) is 0 Å². The second-order valence-corrected chi connectivity index (χ2v) is 5.84. The molecule has 0 aliphatic heterocycles. The van der Waals surface area contributed by atoms with Crippen LogP contribution in [-0.2, 0) is 5.75 Å². The number of hydrogen-bond donors (Lipinski definition) is 0. The summed E-state index contributed by atoms with van der Waals surface area (Å²) in [6.45, 7) is 0. The van der Waals surface area contributed by atoms with Crippen molar-refractivity contribution in [2.24, 2.45) is 0 Å². The lowest BCUT2D eigenvalue weighted by Crippen LogP contribution is -1.91. The summed E-state index contributed by atoms with van der Waals surface area (Å²) in [6.07, 6.45) is 2.77. The first-order chi connectivity index (χ1) is 11.1. The number of nitro groups is 1. The lowest BCUT2D eigenvalue weighted by Gasteiger charge is -1.98. The van der Waals surface area contributed by atoms with E-state index in [0.29, 0.717) is 27.5 Å². The Hall–Kier alpha value is -2.45. The molecule has 0 aliphatic rings. The SMILES string of the molecule is O=[N+]([O-])c1cncc(CSc2nnc(-c3ccc(Cl)cc3)o2)c1. The molecule has 0 bridgehead atoms. The van der Waals surface area contributed by atoms with Crippen LogP contribution in [-0.4, -0.2) is 20.1 Å². The number of thioether (sulfide) groups is 1. The number of pyridine rings is 1. The molecule has 0 amide bonds. The summed E-state index contributed by atoms with van der Waals surface area (Å²) in [5.74, 6) is 0.832. The van der Waals surface area contributed by atoms with Crippen molar-refractivity contribution >= 4 is 29.1 Å². The smallest absolute Gasteiger partial charge is 0.287 e. The van der Waals surface area contributed by atoms with Crippen molar-refractivity contribution in [3.05, 3.63) is 63.4 Å².